The smallest absolute Gasteiger partial charge is 0.407 e. The van der Waals surface area contributed by atoms with Crippen LogP contribution in [0.25, 0.3) is 0 Å². The molecule has 1 aromatic rings. The minimum Gasteiger partial charge on any atom is -0.445 e. The van der Waals surface area contributed by atoms with Crippen molar-refractivity contribution in [2.75, 3.05) is 6.54 Å². The van der Waals surface area contributed by atoms with Gasteiger partial charge in [0.05, 0.1) is 0 Å². The van der Waals surface area contributed by atoms with Gasteiger partial charge in [-0.15, -0.1) is 0 Å². The Morgan fingerprint density at radius 3 is 2.58 bits per heavy atom. The summed E-state index contributed by atoms with van der Waals surface area (Å²) < 4.78 is 4.98. The number of carbonyl (C=O) groups excluding carboxylic acids is 2. The summed E-state index contributed by atoms with van der Waals surface area (Å²) in [6.45, 7) is 4.01. The number of carbonyl (C=O) groups is 2. The lowest BCUT2D eigenvalue weighted by molar-refractivity contribution is -0.120. The Labute approximate surface area is 113 Å². The van der Waals surface area contributed by atoms with Crippen LogP contribution in [0, 0.1) is 0 Å². The topological polar surface area (TPSA) is 67.4 Å². The van der Waals surface area contributed by atoms with E-state index < -0.39 is 6.09 Å². The Bertz CT molecular complexity index is 406. The lowest BCUT2D eigenvalue weighted by atomic mass is 10.2. The molecule has 5 nitrogen and oxygen atoms in total. The Balaban J connectivity index is 2.19. The Hall–Kier alpha value is -2.04. The molecular formula is C14H20N2O3. The van der Waals surface area contributed by atoms with Crippen LogP contribution in [-0.4, -0.2) is 24.6 Å². The van der Waals surface area contributed by atoms with Crippen molar-refractivity contribution in [3.05, 3.63) is 35.9 Å². The summed E-state index contributed by atoms with van der Waals surface area (Å²) in [6, 6.07) is 9.47. The van der Waals surface area contributed by atoms with Gasteiger partial charge in [-0.3, -0.25) is 4.79 Å². The van der Waals surface area contributed by atoms with Gasteiger partial charge in [0.15, 0.2) is 0 Å². The van der Waals surface area contributed by atoms with Gasteiger partial charge in [-0.2, -0.15) is 0 Å². The van der Waals surface area contributed by atoms with Gasteiger partial charge in [0, 0.05) is 6.04 Å². The van der Waals surface area contributed by atoms with Crippen LogP contribution in [0.15, 0.2) is 30.3 Å². The number of amides is 2. The third-order valence-electron chi connectivity index (χ3n) is 2.63. The van der Waals surface area contributed by atoms with Gasteiger partial charge >= 0.3 is 6.09 Å². The van der Waals surface area contributed by atoms with Gasteiger partial charge in [0.2, 0.25) is 5.91 Å². The van der Waals surface area contributed by atoms with Crippen molar-refractivity contribution in [1.82, 2.24) is 10.6 Å². The standard InChI is InChI=1S/C14H20N2O3/c1-3-11(2)16-13(17)9-15-14(18)19-10-12-7-5-4-6-8-12/h4-8,11H,3,9-10H2,1-2H3,(H,15,18)(H,16,17)/t11-/m1/s1. The highest BCUT2D eigenvalue weighted by atomic mass is 16.5. The molecule has 1 aromatic carbocycles. The number of hydrogen-bond donors (Lipinski definition) is 2. The molecule has 0 unspecified atom stereocenters. The summed E-state index contributed by atoms with van der Waals surface area (Å²) in [4.78, 5) is 22.8. The third kappa shape index (κ3) is 6.45. The number of nitrogens with one attached hydrogen (secondary N) is 2. The zero-order valence-corrected chi connectivity index (χ0v) is 11.3. The first-order valence-electron chi connectivity index (χ1n) is 6.35. The van der Waals surface area contributed by atoms with Crippen molar-refractivity contribution in [3.8, 4) is 0 Å². The highest BCUT2D eigenvalue weighted by Crippen LogP contribution is 2.00. The molecule has 0 saturated heterocycles. The second-order valence-corrected chi connectivity index (χ2v) is 4.29. The second-order valence-electron chi connectivity index (χ2n) is 4.29. The SMILES string of the molecule is CC[C@@H](C)NC(=O)CNC(=O)OCc1ccccc1. The van der Waals surface area contributed by atoms with Crippen LogP contribution in [0.3, 0.4) is 0 Å². The Morgan fingerprint density at radius 1 is 1.26 bits per heavy atom. The first-order valence-corrected chi connectivity index (χ1v) is 6.35. The van der Waals surface area contributed by atoms with Gasteiger partial charge in [-0.05, 0) is 18.9 Å². The van der Waals surface area contributed by atoms with Crippen molar-refractivity contribution in [1.29, 1.82) is 0 Å². The molecular weight excluding hydrogens is 244 g/mol. The molecule has 0 aliphatic rings. The fourth-order valence-electron chi connectivity index (χ4n) is 1.35. The van der Waals surface area contributed by atoms with E-state index in [2.05, 4.69) is 10.6 Å². The molecule has 19 heavy (non-hydrogen) atoms. The van der Waals surface area contributed by atoms with Crippen LogP contribution >= 0.6 is 0 Å². The van der Waals surface area contributed by atoms with E-state index in [4.69, 9.17) is 4.74 Å². The minimum absolute atomic E-state index is 0.0715. The van der Waals surface area contributed by atoms with Crippen LogP contribution in [0.4, 0.5) is 4.79 Å². The molecule has 0 aliphatic carbocycles. The number of ether oxygens (including phenoxy) is 1. The fraction of sp³-hybridized carbons (Fsp3) is 0.429. The molecule has 0 aromatic heterocycles. The molecule has 0 radical (unpaired) electrons. The molecule has 0 spiro atoms. The van der Waals surface area contributed by atoms with E-state index in [1.807, 2.05) is 44.2 Å². The maximum atomic E-state index is 11.4. The normalized spacial score (nSPS) is 11.5. The number of rotatable bonds is 6. The van der Waals surface area contributed by atoms with Crippen molar-refractivity contribution in [3.63, 3.8) is 0 Å². The lowest BCUT2D eigenvalue weighted by Crippen LogP contribution is -2.40. The van der Waals surface area contributed by atoms with E-state index in [1.54, 1.807) is 0 Å². The van der Waals surface area contributed by atoms with Crippen molar-refractivity contribution in [2.24, 2.45) is 0 Å². The predicted octanol–water partition coefficient (Wildman–Crippen LogP) is 1.83. The molecule has 0 heterocycles. The van der Waals surface area contributed by atoms with Gasteiger partial charge < -0.3 is 15.4 Å². The third-order valence-corrected chi connectivity index (χ3v) is 2.63. The summed E-state index contributed by atoms with van der Waals surface area (Å²) in [6.07, 6.45) is 0.257. The number of hydrogen-bond acceptors (Lipinski definition) is 3. The molecule has 0 aliphatic heterocycles. The summed E-state index contributed by atoms with van der Waals surface area (Å²) >= 11 is 0. The van der Waals surface area contributed by atoms with E-state index in [-0.39, 0.29) is 25.1 Å². The lowest BCUT2D eigenvalue weighted by Gasteiger charge is -2.11. The predicted molar refractivity (Wildman–Crippen MR) is 72.5 cm³/mol. The average Bonchev–Trinajstić information content (AvgIpc) is 2.43. The molecule has 0 bridgehead atoms. The van der Waals surface area contributed by atoms with Gasteiger partial charge in [0.1, 0.15) is 13.2 Å². The summed E-state index contributed by atoms with van der Waals surface area (Å²) in [5, 5.41) is 5.16. The van der Waals surface area contributed by atoms with Crippen molar-refractivity contribution >= 4 is 12.0 Å². The van der Waals surface area contributed by atoms with Gasteiger partial charge in [-0.25, -0.2) is 4.79 Å². The van der Waals surface area contributed by atoms with Crippen molar-refractivity contribution < 1.29 is 14.3 Å². The van der Waals surface area contributed by atoms with E-state index in [1.165, 1.54) is 0 Å². The summed E-state index contributed by atoms with van der Waals surface area (Å²) in [5.41, 5.74) is 0.904. The van der Waals surface area contributed by atoms with Gasteiger partial charge in [-0.1, -0.05) is 37.3 Å². The zero-order valence-electron chi connectivity index (χ0n) is 11.3. The molecule has 2 amide bonds. The zero-order chi connectivity index (χ0) is 14.1. The highest BCUT2D eigenvalue weighted by Gasteiger charge is 2.08. The monoisotopic (exact) mass is 264 g/mol. The van der Waals surface area contributed by atoms with Crippen LogP contribution in [0.2, 0.25) is 0 Å². The summed E-state index contributed by atoms with van der Waals surface area (Å²) in [5.74, 6) is -0.217. The molecule has 104 valence electrons. The Kier molecular flexibility index (Phi) is 6.43. The van der Waals surface area contributed by atoms with Crippen LogP contribution in [0.1, 0.15) is 25.8 Å². The van der Waals surface area contributed by atoms with E-state index >= 15 is 0 Å². The van der Waals surface area contributed by atoms with E-state index in [9.17, 15) is 9.59 Å². The molecule has 2 N–H and O–H groups in total. The molecule has 5 heteroatoms. The maximum Gasteiger partial charge on any atom is 0.407 e. The second kappa shape index (κ2) is 8.13. The first-order chi connectivity index (χ1) is 9.11. The molecule has 1 rings (SSSR count). The summed E-state index contributed by atoms with van der Waals surface area (Å²) in [7, 11) is 0. The minimum atomic E-state index is -0.594. The molecule has 0 saturated carbocycles. The molecule has 0 fully saturated rings. The van der Waals surface area contributed by atoms with Crippen LogP contribution in [-0.2, 0) is 16.1 Å². The van der Waals surface area contributed by atoms with E-state index in [0.29, 0.717) is 0 Å². The van der Waals surface area contributed by atoms with Crippen LogP contribution in [0.5, 0.6) is 0 Å². The van der Waals surface area contributed by atoms with Gasteiger partial charge in [0.25, 0.3) is 0 Å². The van der Waals surface area contributed by atoms with Crippen molar-refractivity contribution in [2.45, 2.75) is 32.9 Å². The maximum absolute atomic E-state index is 11.4. The van der Waals surface area contributed by atoms with Crippen LogP contribution < -0.4 is 10.6 Å². The Morgan fingerprint density at radius 2 is 1.95 bits per heavy atom. The quantitative estimate of drug-likeness (QED) is 0.823. The first kappa shape index (κ1) is 15.0. The van der Waals surface area contributed by atoms with E-state index in [0.717, 1.165) is 12.0 Å². The average molecular weight is 264 g/mol. The number of benzene rings is 1. The largest absolute Gasteiger partial charge is 0.445 e. The molecule has 1 atom stereocenters. The fourth-order valence-corrected chi connectivity index (χ4v) is 1.35. The number of alkyl carbamates (subject to hydrolysis) is 1. The highest BCUT2D eigenvalue weighted by molar-refractivity contribution is 5.82.